The number of nitrogens with zero attached hydrogens (tertiary/aromatic N) is 2. The number of rotatable bonds is 1. The van der Waals surface area contributed by atoms with Gasteiger partial charge in [-0.3, -0.25) is 4.90 Å². The van der Waals surface area contributed by atoms with Crippen LogP contribution in [0.2, 0.25) is 0 Å². The Kier molecular flexibility index (Phi) is 2.63. The van der Waals surface area contributed by atoms with E-state index in [2.05, 4.69) is 35.9 Å². The molecule has 1 aliphatic rings. The lowest BCUT2D eigenvalue weighted by atomic mass is 10.1. The van der Waals surface area contributed by atoms with Gasteiger partial charge < -0.3 is 4.98 Å². The fourth-order valence-corrected chi connectivity index (χ4v) is 2.75. The van der Waals surface area contributed by atoms with Gasteiger partial charge in [0, 0.05) is 13.0 Å². The molecule has 0 bridgehead atoms. The molecule has 18 heavy (non-hydrogen) atoms. The summed E-state index contributed by atoms with van der Waals surface area (Å²) in [5, 5.41) is 0. The average molecular weight is 247 g/mol. The first-order chi connectivity index (χ1) is 8.56. The van der Waals surface area contributed by atoms with Gasteiger partial charge in [0.2, 0.25) is 0 Å². The van der Waals surface area contributed by atoms with Gasteiger partial charge in [0.05, 0.1) is 17.1 Å². The molecule has 96 valence electrons. The second-order valence-corrected chi connectivity index (χ2v) is 5.31. The number of fused-ring (bicyclic) bond motifs is 1. The number of benzene rings is 1. The molecule has 4 heteroatoms. The van der Waals surface area contributed by atoms with Crippen molar-refractivity contribution in [2.75, 3.05) is 13.6 Å². The van der Waals surface area contributed by atoms with Crippen LogP contribution in [-0.2, 0) is 0 Å². The third kappa shape index (κ3) is 1.72. The van der Waals surface area contributed by atoms with Gasteiger partial charge in [0.25, 0.3) is 0 Å². The molecule has 0 spiro atoms. The second-order valence-electron chi connectivity index (χ2n) is 5.31. The smallest absolute Gasteiger partial charge is 0.124 e. The summed E-state index contributed by atoms with van der Waals surface area (Å²) in [7, 11) is 1.95. The first-order valence-corrected chi connectivity index (χ1v) is 6.36. The standard InChI is InChI=1S/C14H18FN3/c1-8-4-5-11-13(9(8)2)17-14(16-11)12-6-10(15)7-18(12)3/h4-5,10,12H,6-7H2,1-3H3,(H,16,17). The van der Waals surface area contributed by atoms with Crippen LogP contribution in [0.4, 0.5) is 4.39 Å². The molecule has 2 atom stereocenters. The number of aromatic nitrogens is 2. The van der Waals surface area contributed by atoms with Gasteiger partial charge in [-0.05, 0) is 38.1 Å². The summed E-state index contributed by atoms with van der Waals surface area (Å²) in [6.45, 7) is 4.67. The van der Waals surface area contributed by atoms with Crippen LogP contribution in [0.15, 0.2) is 12.1 Å². The van der Waals surface area contributed by atoms with Crippen LogP contribution < -0.4 is 0 Å². The number of imidazole rings is 1. The van der Waals surface area contributed by atoms with Crippen LogP contribution in [0.5, 0.6) is 0 Å². The van der Waals surface area contributed by atoms with Crippen LogP contribution in [-0.4, -0.2) is 34.6 Å². The zero-order chi connectivity index (χ0) is 12.9. The van der Waals surface area contributed by atoms with Crippen LogP contribution in [0, 0.1) is 13.8 Å². The van der Waals surface area contributed by atoms with Crippen molar-refractivity contribution >= 4 is 11.0 Å². The van der Waals surface area contributed by atoms with E-state index in [1.807, 2.05) is 11.9 Å². The quantitative estimate of drug-likeness (QED) is 0.840. The van der Waals surface area contributed by atoms with E-state index in [0.717, 1.165) is 16.9 Å². The number of H-pyrrole nitrogens is 1. The van der Waals surface area contributed by atoms with Crippen LogP contribution >= 0.6 is 0 Å². The SMILES string of the molecule is Cc1ccc2[nH]c(C3CC(F)CN3C)nc2c1C. The summed E-state index contributed by atoms with van der Waals surface area (Å²) in [5.74, 6) is 0.890. The normalized spacial score (nSPS) is 25.1. The molecule has 3 rings (SSSR count). The van der Waals surface area contributed by atoms with Gasteiger partial charge in [0.15, 0.2) is 0 Å². The fourth-order valence-electron chi connectivity index (χ4n) is 2.75. The number of hydrogen-bond acceptors (Lipinski definition) is 2. The molecule has 0 aliphatic carbocycles. The zero-order valence-corrected chi connectivity index (χ0v) is 11.0. The Morgan fingerprint density at radius 1 is 1.39 bits per heavy atom. The average Bonchev–Trinajstić information content (AvgIpc) is 2.87. The molecule has 2 aromatic rings. The lowest BCUT2D eigenvalue weighted by Gasteiger charge is -2.15. The molecule has 2 heterocycles. The van der Waals surface area contributed by atoms with Crippen LogP contribution in [0.3, 0.4) is 0 Å². The molecule has 2 unspecified atom stereocenters. The maximum absolute atomic E-state index is 13.4. The number of alkyl halides is 1. The first kappa shape index (κ1) is 11.7. The molecule has 1 fully saturated rings. The molecule has 3 nitrogen and oxygen atoms in total. The Hall–Kier alpha value is -1.42. The highest BCUT2D eigenvalue weighted by Crippen LogP contribution is 2.32. The molecular formula is C14H18FN3. The summed E-state index contributed by atoms with van der Waals surface area (Å²) >= 11 is 0. The molecule has 1 saturated heterocycles. The van der Waals surface area contributed by atoms with E-state index in [1.54, 1.807) is 0 Å². The predicted molar refractivity (Wildman–Crippen MR) is 70.5 cm³/mol. The van der Waals surface area contributed by atoms with E-state index in [4.69, 9.17) is 0 Å². The maximum atomic E-state index is 13.4. The Labute approximate surface area is 106 Å². The minimum absolute atomic E-state index is 0.0760. The van der Waals surface area contributed by atoms with Crippen molar-refractivity contribution in [1.82, 2.24) is 14.9 Å². The van der Waals surface area contributed by atoms with Gasteiger partial charge in [0.1, 0.15) is 12.0 Å². The van der Waals surface area contributed by atoms with Crippen molar-refractivity contribution in [2.24, 2.45) is 0 Å². The Bertz CT molecular complexity index is 590. The van der Waals surface area contributed by atoms with Crippen molar-refractivity contribution in [3.8, 4) is 0 Å². The van der Waals surface area contributed by atoms with Crippen molar-refractivity contribution < 1.29 is 4.39 Å². The Morgan fingerprint density at radius 3 is 2.83 bits per heavy atom. The lowest BCUT2D eigenvalue weighted by Crippen LogP contribution is -2.19. The van der Waals surface area contributed by atoms with E-state index in [0.29, 0.717) is 13.0 Å². The molecule has 0 saturated carbocycles. The molecule has 1 aliphatic heterocycles. The van der Waals surface area contributed by atoms with E-state index < -0.39 is 6.17 Å². The minimum atomic E-state index is -0.740. The Morgan fingerprint density at radius 2 is 2.17 bits per heavy atom. The summed E-state index contributed by atoms with van der Waals surface area (Å²) in [6.07, 6.45) is -0.204. The lowest BCUT2D eigenvalue weighted by molar-refractivity contribution is 0.292. The van der Waals surface area contributed by atoms with E-state index in [1.165, 1.54) is 11.1 Å². The van der Waals surface area contributed by atoms with Crippen molar-refractivity contribution in [1.29, 1.82) is 0 Å². The van der Waals surface area contributed by atoms with Gasteiger partial charge in [-0.25, -0.2) is 9.37 Å². The summed E-state index contributed by atoms with van der Waals surface area (Å²) in [5.41, 5.74) is 4.50. The van der Waals surface area contributed by atoms with Crippen molar-refractivity contribution in [3.63, 3.8) is 0 Å². The third-order valence-electron chi connectivity index (χ3n) is 4.01. The van der Waals surface area contributed by atoms with E-state index in [9.17, 15) is 4.39 Å². The molecule has 0 amide bonds. The first-order valence-electron chi connectivity index (χ1n) is 6.36. The third-order valence-corrected chi connectivity index (χ3v) is 4.01. The number of halogens is 1. The number of aryl methyl sites for hydroxylation is 2. The van der Waals surface area contributed by atoms with E-state index in [-0.39, 0.29) is 6.04 Å². The highest BCUT2D eigenvalue weighted by molar-refractivity contribution is 5.79. The number of likely N-dealkylation sites (tertiary alicyclic amines) is 1. The zero-order valence-electron chi connectivity index (χ0n) is 11.0. The van der Waals surface area contributed by atoms with Crippen molar-refractivity contribution in [2.45, 2.75) is 32.5 Å². The monoisotopic (exact) mass is 247 g/mol. The Balaban J connectivity index is 2.06. The molecule has 1 N–H and O–H groups in total. The fraction of sp³-hybridized carbons (Fsp3) is 0.500. The van der Waals surface area contributed by atoms with Gasteiger partial charge in [-0.15, -0.1) is 0 Å². The van der Waals surface area contributed by atoms with Crippen LogP contribution in [0.1, 0.15) is 29.4 Å². The molecule has 1 aromatic carbocycles. The minimum Gasteiger partial charge on any atom is -0.341 e. The van der Waals surface area contributed by atoms with Crippen LogP contribution in [0.25, 0.3) is 11.0 Å². The number of nitrogens with one attached hydrogen (secondary N) is 1. The molecule has 0 radical (unpaired) electrons. The number of hydrogen-bond donors (Lipinski definition) is 1. The van der Waals surface area contributed by atoms with Crippen molar-refractivity contribution in [3.05, 3.63) is 29.1 Å². The molecule has 1 aromatic heterocycles. The van der Waals surface area contributed by atoms with E-state index >= 15 is 0 Å². The summed E-state index contributed by atoms with van der Waals surface area (Å²) in [6, 6.07) is 4.22. The van der Waals surface area contributed by atoms with Gasteiger partial charge >= 0.3 is 0 Å². The summed E-state index contributed by atoms with van der Waals surface area (Å²) in [4.78, 5) is 10.0. The largest absolute Gasteiger partial charge is 0.341 e. The summed E-state index contributed by atoms with van der Waals surface area (Å²) < 4.78 is 13.4. The number of aromatic amines is 1. The topological polar surface area (TPSA) is 31.9 Å². The molecular weight excluding hydrogens is 229 g/mol. The maximum Gasteiger partial charge on any atom is 0.124 e. The predicted octanol–water partition coefficient (Wildman–Crippen LogP) is 2.89. The highest BCUT2D eigenvalue weighted by atomic mass is 19.1. The highest BCUT2D eigenvalue weighted by Gasteiger charge is 2.32. The van der Waals surface area contributed by atoms with Gasteiger partial charge in [-0.1, -0.05) is 6.07 Å². The van der Waals surface area contributed by atoms with Gasteiger partial charge in [-0.2, -0.15) is 0 Å². The second kappa shape index (κ2) is 4.05.